The first-order chi connectivity index (χ1) is 8.02. The number of ether oxygens (including phenoxy) is 1. The fourth-order valence-corrected chi connectivity index (χ4v) is 1.81. The maximum atomic E-state index is 11.3. The molecule has 17 heavy (non-hydrogen) atoms. The SMILES string of the molecule is CCOC(=O)CC(C)Nc1ccc(C)cc1Cl. The lowest BCUT2D eigenvalue weighted by atomic mass is 10.2. The summed E-state index contributed by atoms with van der Waals surface area (Å²) in [5.74, 6) is -0.198. The summed E-state index contributed by atoms with van der Waals surface area (Å²) in [5, 5.41) is 3.86. The van der Waals surface area contributed by atoms with Gasteiger partial charge < -0.3 is 10.1 Å². The molecule has 1 N–H and O–H groups in total. The van der Waals surface area contributed by atoms with E-state index in [0.717, 1.165) is 11.3 Å². The molecule has 0 aliphatic heterocycles. The first-order valence-electron chi connectivity index (χ1n) is 5.71. The van der Waals surface area contributed by atoms with E-state index in [1.807, 2.05) is 32.0 Å². The lowest BCUT2D eigenvalue weighted by Gasteiger charge is -2.15. The molecule has 0 fully saturated rings. The fraction of sp³-hybridized carbons (Fsp3) is 0.462. The van der Waals surface area contributed by atoms with Crippen molar-refractivity contribution < 1.29 is 9.53 Å². The molecule has 0 aromatic heterocycles. The minimum atomic E-state index is -0.198. The Bertz CT molecular complexity index is 393. The van der Waals surface area contributed by atoms with Crippen molar-refractivity contribution in [2.24, 2.45) is 0 Å². The van der Waals surface area contributed by atoms with E-state index in [0.29, 0.717) is 18.1 Å². The highest BCUT2D eigenvalue weighted by Gasteiger charge is 2.10. The summed E-state index contributed by atoms with van der Waals surface area (Å²) in [6, 6.07) is 5.78. The highest BCUT2D eigenvalue weighted by Crippen LogP contribution is 2.23. The van der Waals surface area contributed by atoms with Crippen LogP contribution < -0.4 is 5.32 Å². The Morgan fingerprint density at radius 3 is 2.82 bits per heavy atom. The molecule has 0 amide bonds. The van der Waals surface area contributed by atoms with E-state index >= 15 is 0 Å². The Balaban J connectivity index is 2.55. The molecule has 0 bridgehead atoms. The van der Waals surface area contributed by atoms with E-state index in [1.54, 1.807) is 6.92 Å². The summed E-state index contributed by atoms with van der Waals surface area (Å²) in [6.07, 6.45) is 0.331. The monoisotopic (exact) mass is 255 g/mol. The topological polar surface area (TPSA) is 38.3 Å². The molecule has 0 aliphatic carbocycles. The Labute approximate surface area is 107 Å². The van der Waals surface area contributed by atoms with Crippen LogP contribution in [0.3, 0.4) is 0 Å². The lowest BCUT2D eigenvalue weighted by Crippen LogP contribution is -2.21. The van der Waals surface area contributed by atoms with Gasteiger partial charge in [0.25, 0.3) is 0 Å². The van der Waals surface area contributed by atoms with Gasteiger partial charge in [-0.1, -0.05) is 17.7 Å². The van der Waals surface area contributed by atoms with Crippen molar-refractivity contribution >= 4 is 23.3 Å². The fourth-order valence-electron chi connectivity index (χ4n) is 1.52. The number of nitrogens with one attached hydrogen (secondary N) is 1. The minimum Gasteiger partial charge on any atom is -0.466 e. The number of carbonyl (C=O) groups is 1. The third kappa shape index (κ3) is 4.65. The third-order valence-electron chi connectivity index (χ3n) is 2.30. The molecule has 1 rings (SSSR count). The first kappa shape index (κ1) is 13.8. The number of halogens is 1. The second-order valence-corrected chi connectivity index (χ2v) is 4.45. The third-order valence-corrected chi connectivity index (χ3v) is 2.62. The Kier molecular flexibility index (Phi) is 5.29. The summed E-state index contributed by atoms with van der Waals surface area (Å²) in [5.41, 5.74) is 1.95. The van der Waals surface area contributed by atoms with Gasteiger partial charge in [0.2, 0.25) is 0 Å². The molecule has 1 aromatic carbocycles. The number of carbonyl (C=O) groups excluding carboxylic acids is 1. The molecule has 0 aliphatic rings. The molecule has 1 atom stereocenters. The van der Waals surface area contributed by atoms with Gasteiger partial charge >= 0.3 is 5.97 Å². The molecule has 0 radical (unpaired) electrons. The van der Waals surface area contributed by atoms with E-state index in [9.17, 15) is 4.79 Å². The quantitative estimate of drug-likeness (QED) is 0.820. The zero-order chi connectivity index (χ0) is 12.8. The predicted octanol–water partition coefficient (Wildman–Crippen LogP) is 3.40. The van der Waals surface area contributed by atoms with Gasteiger partial charge in [0.1, 0.15) is 0 Å². The van der Waals surface area contributed by atoms with Crippen LogP contribution in [0, 0.1) is 6.92 Å². The van der Waals surface area contributed by atoms with E-state index in [-0.39, 0.29) is 12.0 Å². The Hall–Kier alpha value is -1.22. The molecular weight excluding hydrogens is 238 g/mol. The largest absolute Gasteiger partial charge is 0.466 e. The Morgan fingerprint density at radius 1 is 1.53 bits per heavy atom. The standard InChI is InChI=1S/C13H18ClNO2/c1-4-17-13(16)8-10(3)15-12-6-5-9(2)7-11(12)14/h5-7,10,15H,4,8H2,1-3H3. The van der Waals surface area contributed by atoms with Gasteiger partial charge in [-0.3, -0.25) is 4.79 Å². The molecule has 94 valence electrons. The van der Waals surface area contributed by atoms with Crippen molar-refractivity contribution in [3.8, 4) is 0 Å². The van der Waals surface area contributed by atoms with Gasteiger partial charge in [0.15, 0.2) is 0 Å². The molecule has 1 unspecified atom stereocenters. The molecular formula is C13H18ClNO2. The molecule has 1 aromatic rings. The molecule has 0 saturated heterocycles. The highest BCUT2D eigenvalue weighted by atomic mass is 35.5. The molecule has 0 heterocycles. The lowest BCUT2D eigenvalue weighted by molar-refractivity contribution is -0.143. The average Bonchev–Trinajstić information content (AvgIpc) is 2.22. The number of benzene rings is 1. The highest BCUT2D eigenvalue weighted by molar-refractivity contribution is 6.33. The molecule has 0 spiro atoms. The van der Waals surface area contributed by atoms with E-state index < -0.39 is 0 Å². The van der Waals surface area contributed by atoms with Crippen LogP contribution in [0.4, 0.5) is 5.69 Å². The maximum Gasteiger partial charge on any atom is 0.307 e. The number of esters is 1. The van der Waals surface area contributed by atoms with Crippen LogP contribution in [0.25, 0.3) is 0 Å². The maximum absolute atomic E-state index is 11.3. The van der Waals surface area contributed by atoms with Gasteiger partial charge in [-0.25, -0.2) is 0 Å². The van der Waals surface area contributed by atoms with Crippen LogP contribution in [-0.2, 0) is 9.53 Å². The summed E-state index contributed by atoms with van der Waals surface area (Å²) in [7, 11) is 0. The van der Waals surface area contributed by atoms with E-state index in [2.05, 4.69) is 5.32 Å². The van der Waals surface area contributed by atoms with E-state index in [4.69, 9.17) is 16.3 Å². The van der Waals surface area contributed by atoms with Gasteiger partial charge in [0.05, 0.1) is 23.7 Å². The summed E-state index contributed by atoms with van der Waals surface area (Å²) in [6.45, 7) is 6.12. The zero-order valence-corrected chi connectivity index (χ0v) is 11.2. The average molecular weight is 256 g/mol. The second-order valence-electron chi connectivity index (χ2n) is 4.04. The van der Waals surface area contributed by atoms with Crippen molar-refractivity contribution in [3.63, 3.8) is 0 Å². The van der Waals surface area contributed by atoms with Crippen LogP contribution in [-0.4, -0.2) is 18.6 Å². The Morgan fingerprint density at radius 2 is 2.24 bits per heavy atom. The van der Waals surface area contributed by atoms with Crippen LogP contribution in [0.5, 0.6) is 0 Å². The normalized spacial score (nSPS) is 12.0. The first-order valence-corrected chi connectivity index (χ1v) is 6.09. The number of aryl methyl sites for hydroxylation is 1. The summed E-state index contributed by atoms with van der Waals surface area (Å²) >= 11 is 6.09. The van der Waals surface area contributed by atoms with Crippen molar-refractivity contribution in [2.45, 2.75) is 33.2 Å². The molecule has 4 heteroatoms. The zero-order valence-electron chi connectivity index (χ0n) is 10.4. The van der Waals surface area contributed by atoms with Crippen molar-refractivity contribution in [1.82, 2.24) is 0 Å². The minimum absolute atomic E-state index is 0.00532. The number of anilines is 1. The number of hydrogen-bond acceptors (Lipinski definition) is 3. The van der Waals surface area contributed by atoms with Crippen molar-refractivity contribution in [2.75, 3.05) is 11.9 Å². The number of rotatable bonds is 5. The molecule has 3 nitrogen and oxygen atoms in total. The van der Waals surface area contributed by atoms with E-state index in [1.165, 1.54) is 0 Å². The van der Waals surface area contributed by atoms with Crippen LogP contribution in [0.2, 0.25) is 5.02 Å². The van der Waals surface area contributed by atoms with Gasteiger partial charge in [-0.15, -0.1) is 0 Å². The number of hydrogen-bond donors (Lipinski definition) is 1. The van der Waals surface area contributed by atoms with Gasteiger partial charge in [0, 0.05) is 6.04 Å². The second kappa shape index (κ2) is 6.50. The van der Waals surface area contributed by atoms with Crippen LogP contribution in [0.1, 0.15) is 25.8 Å². The van der Waals surface area contributed by atoms with Gasteiger partial charge in [-0.2, -0.15) is 0 Å². The summed E-state index contributed by atoms with van der Waals surface area (Å²) < 4.78 is 4.89. The van der Waals surface area contributed by atoms with Crippen LogP contribution in [0.15, 0.2) is 18.2 Å². The van der Waals surface area contributed by atoms with Gasteiger partial charge in [-0.05, 0) is 38.5 Å². The molecule has 0 saturated carbocycles. The summed E-state index contributed by atoms with van der Waals surface area (Å²) in [4.78, 5) is 11.3. The van der Waals surface area contributed by atoms with Crippen LogP contribution >= 0.6 is 11.6 Å². The smallest absolute Gasteiger partial charge is 0.307 e. The van der Waals surface area contributed by atoms with Crippen molar-refractivity contribution in [3.05, 3.63) is 28.8 Å². The predicted molar refractivity (Wildman–Crippen MR) is 70.5 cm³/mol. The van der Waals surface area contributed by atoms with Crippen molar-refractivity contribution in [1.29, 1.82) is 0 Å².